The van der Waals surface area contributed by atoms with Crippen molar-refractivity contribution < 1.29 is 19.1 Å². The molecule has 0 radical (unpaired) electrons. The summed E-state index contributed by atoms with van der Waals surface area (Å²) in [4.78, 5) is 23.9. The normalized spacial score (nSPS) is 11.6. The number of hydrogen-bond donors (Lipinski definition) is 1. The highest BCUT2D eigenvalue weighted by atomic mass is 16.6. The summed E-state index contributed by atoms with van der Waals surface area (Å²) in [6.45, 7) is 4.53. The van der Waals surface area contributed by atoms with Gasteiger partial charge in [-0.2, -0.15) is 0 Å². The molecule has 0 aromatic heterocycles. The second kappa shape index (κ2) is 12.4. The molecule has 1 rings (SSSR count). The van der Waals surface area contributed by atoms with Crippen molar-refractivity contribution in [2.24, 2.45) is 0 Å². The molecule has 1 N–H and O–H groups in total. The number of rotatable bonds is 11. The van der Waals surface area contributed by atoms with Gasteiger partial charge in [0.05, 0.1) is 13.2 Å². The average Bonchev–Trinajstić information content (AvgIpc) is 2.58. The first-order valence-corrected chi connectivity index (χ1v) is 8.81. The van der Waals surface area contributed by atoms with Gasteiger partial charge in [0, 0.05) is 6.42 Å². The molecule has 0 spiro atoms. The van der Waals surface area contributed by atoms with E-state index in [2.05, 4.69) is 12.2 Å². The fourth-order valence-electron chi connectivity index (χ4n) is 2.34. The van der Waals surface area contributed by atoms with Gasteiger partial charge in [-0.15, -0.1) is 0 Å². The van der Waals surface area contributed by atoms with Gasteiger partial charge in [0.15, 0.2) is 0 Å². The summed E-state index contributed by atoms with van der Waals surface area (Å²) in [5.74, 6) is -0.414. The maximum absolute atomic E-state index is 12.3. The molecular weight excluding hydrogens is 306 g/mol. The molecule has 5 heteroatoms. The van der Waals surface area contributed by atoms with Gasteiger partial charge in [0.1, 0.15) is 6.04 Å². The number of alkyl carbamates (subject to hydrolysis) is 1. The Balaban J connectivity index is 2.49. The smallest absolute Gasteiger partial charge is 0.407 e. The maximum Gasteiger partial charge on any atom is 0.407 e. The predicted molar refractivity (Wildman–Crippen MR) is 93.8 cm³/mol. The Morgan fingerprint density at radius 3 is 2.38 bits per heavy atom. The van der Waals surface area contributed by atoms with Gasteiger partial charge in [-0.05, 0) is 18.9 Å². The van der Waals surface area contributed by atoms with Crippen molar-refractivity contribution in [2.45, 2.75) is 58.4 Å². The standard InChI is InChI=1S/C19H29NO4/c1-3-5-6-7-11-14-24-18(21)17(20-19(22)23-4-2)15-16-12-9-8-10-13-16/h8-10,12-13,17H,3-7,11,14-15H2,1-2H3,(H,20,22). The van der Waals surface area contributed by atoms with Crippen LogP contribution in [0.1, 0.15) is 51.5 Å². The van der Waals surface area contributed by atoms with Crippen molar-refractivity contribution in [3.63, 3.8) is 0 Å². The number of amides is 1. The van der Waals surface area contributed by atoms with Crippen LogP contribution in [-0.4, -0.2) is 31.3 Å². The zero-order chi connectivity index (χ0) is 17.6. The molecule has 0 fully saturated rings. The Kier molecular flexibility index (Phi) is 10.3. The summed E-state index contributed by atoms with van der Waals surface area (Å²) >= 11 is 0. The van der Waals surface area contributed by atoms with E-state index in [0.29, 0.717) is 13.0 Å². The first kappa shape index (κ1) is 20.0. The minimum Gasteiger partial charge on any atom is -0.464 e. The number of hydrogen-bond acceptors (Lipinski definition) is 4. The summed E-state index contributed by atoms with van der Waals surface area (Å²) in [7, 11) is 0. The van der Waals surface area contributed by atoms with E-state index in [9.17, 15) is 9.59 Å². The Morgan fingerprint density at radius 2 is 1.71 bits per heavy atom. The van der Waals surface area contributed by atoms with Crippen molar-refractivity contribution in [1.29, 1.82) is 0 Å². The van der Waals surface area contributed by atoms with Crippen LogP contribution >= 0.6 is 0 Å². The van der Waals surface area contributed by atoms with Crippen LogP contribution in [0.4, 0.5) is 4.79 Å². The Labute approximate surface area is 144 Å². The van der Waals surface area contributed by atoms with Crippen LogP contribution in [0.2, 0.25) is 0 Å². The minimum absolute atomic E-state index is 0.260. The average molecular weight is 335 g/mol. The number of esters is 1. The fourth-order valence-corrected chi connectivity index (χ4v) is 2.34. The molecule has 0 saturated carbocycles. The molecule has 1 unspecified atom stereocenters. The van der Waals surface area contributed by atoms with Gasteiger partial charge < -0.3 is 14.8 Å². The highest BCUT2D eigenvalue weighted by Gasteiger charge is 2.23. The maximum atomic E-state index is 12.3. The number of carbonyl (C=O) groups excluding carboxylic acids is 2. The molecular formula is C19H29NO4. The summed E-state index contributed by atoms with van der Waals surface area (Å²) in [5.41, 5.74) is 0.958. The number of unbranched alkanes of at least 4 members (excludes halogenated alkanes) is 4. The van der Waals surface area contributed by atoms with E-state index < -0.39 is 18.1 Å². The van der Waals surface area contributed by atoms with E-state index in [1.807, 2.05) is 30.3 Å². The number of ether oxygens (including phenoxy) is 2. The van der Waals surface area contributed by atoms with Crippen molar-refractivity contribution in [3.8, 4) is 0 Å². The first-order chi connectivity index (χ1) is 11.7. The highest BCUT2D eigenvalue weighted by Crippen LogP contribution is 2.07. The molecule has 1 atom stereocenters. The van der Waals surface area contributed by atoms with Crippen LogP contribution in [0.15, 0.2) is 30.3 Å². The quantitative estimate of drug-likeness (QED) is 0.493. The van der Waals surface area contributed by atoms with Crippen LogP contribution in [0.25, 0.3) is 0 Å². The first-order valence-electron chi connectivity index (χ1n) is 8.81. The second-order valence-electron chi connectivity index (χ2n) is 5.69. The van der Waals surface area contributed by atoms with Gasteiger partial charge in [-0.3, -0.25) is 0 Å². The topological polar surface area (TPSA) is 64.6 Å². The van der Waals surface area contributed by atoms with Crippen LogP contribution in [-0.2, 0) is 20.7 Å². The highest BCUT2D eigenvalue weighted by molar-refractivity contribution is 5.81. The third kappa shape index (κ3) is 8.56. The molecule has 5 nitrogen and oxygen atoms in total. The monoisotopic (exact) mass is 335 g/mol. The summed E-state index contributed by atoms with van der Waals surface area (Å²) in [6.07, 6.45) is 5.23. The predicted octanol–water partition coefficient (Wildman–Crippen LogP) is 3.86. The van der Waals surface area contributed by atoms with Crippen molar-refractivity contribution >= 4 is 12.1 Å². The minimum atomic E-state index is -0.734. The van der Waals surface area contributed by atoms with Crippen LogP contribution in [0, 0.1) is 0 Å². The summed E-state index contributed by atoms with van der Waals surface area (Å²) < 4.78 is 10.2. The van der Waals surface area contributed by atoms with E-state index in [-0.39, 0.29) is 6.61 Å². The Morgan fingerprint density at radius 1 is 1.00 bits per heavy atom. The van der Waals surface area contributed by atoms with E-state index in [1.54, 1.807) is 6.92 Å². The SMILES string of the molecule is CCCCCCCOC(=O)C(Cc1ccccc1)NC(=O)OCC. The van der Waals surface area contributed by atoms with E-state index in [0.717, 1.165) is 24.8 Å². The van der Waals surface area contributed by atoms with Crippen LogP contribution in [0.3, 0.4) is 0 Å². The zero-order valence-corrected chi connectivity index (χ0v) is 14.8. The lowest BCUT2D eigenvalue weighted by atomic mass is 10.1. The molecule has 1 aromatic rings. The van der Waals surface area contributed by atoms with Crippen molar-refractivity contribution in [2.75, 3.05) is 13.2 Å². The molecule has 24 heavy (non-hydrogen) atoms. The molecule has 0 aliphatic rings. The second-order valence-corrected chi connectivity index (χ2v) is 5.69. The van der Waals surface area contributed by atoms with Crippen molar-refractivity contribution in [1.82, 2.24) is 5.32 Å². The molecule has 0 saturated heterocycles. The van der Waals surface area contributed by atoms with E-state index in [1.165, 1.54) is 12.8 Å². The fraction of sp³-hybridized carbons (Fsp3) is 0.579. The van der Waals surface area contributed by atoms with Crippen LogP contribution < -0.4 is 5.32 Å². The lowest BCUT2D eigenvalue weighted by Gasteiger charge is -2.17. The molecule has 1 aromatic carbocycles. The number of benzene rings is 1. The van der Waals surface area contributed by atoms with Gasteiger partial charge in [-0.1, -0.05) is 62.9 Å². The summed E-state index contributed by atoms with van der Waals surface area (Å²) in [6, 6.07) is 8.80. The van der Waals surface area contributed by atoms with Gasteiger partial charge in [-0.25, -0.2) is 9.59 Å². The third-order valence-electron chi connectivity index (χ3n) is 3.63. The van der Waals surface area contributed by atoms with Gasteiger partial charge in [0.25, 0.3) is 0 Å². The molecule has 0 heterocycles. The zero-order valence-electron chi connectivity index (χ0n) is 14.8. The van der Waals surface area contributed by atoms with E-state index in [4.69, 9.17) is 9.47 Å². The molecule has 0 aliphatic heterocycles. The Bertz CT molecular complexity index is 476. The van der Waals surface area contributed by atoms with E-state index >= 15 is 0 Å². The Hall–Kier alpha value is -2.04. The molecule has 134 valence electrons. The summed E-state index contributed by atoms with van der Waals surface area (Å²) in [5, 5.41) is 2.59. The van der Waals surface area contributed by atoms with Crippen LogP contribution in [0.5, 0.6) is 0 Å². The van der Waals surface area contributed by atoms with Gasteiger partial charge in [0.2, 0.25) is 0 Å². The number of carbonyl (C=O) groups is 2. The van der Waals surface area contributed by atoms with Gasteiger partial charge >= 0.3 is 12.1 Å². The largest absolute Gasteiger partial charge is 0.464 e. The molecule has 1 amide bonds. The molecule has 0 bridgehead atoms. The molecule has 0 aliphatic carbocycles. The lowest BCUT2D eigenvalue weighted by Crippen LogP contribution is -2.43. The van der Waals surface area contributed by atoms with Crippen molar-refractivity contribution in [3.05, 3.63) is 35.9 Å². The third-order valence-corrected chi connectivity index (χ3v) is 3.63. The number of nitrogens with one attached hydrogen (secondary N) is 1. The lowest BCUT2D eigenvalue weighted by molar-refractivity contribution is -0.146.